The van der Waals surface area contributed by atoms with Gasteiger partial charge in [0.25, 0.3) is 0 Å². The number of carbonyl (C=O) groups excluding carboxylic acids is 2. The van der Waals surface area contributed by atoms with Gasteiger partial charge in [-0.15, -0.1) is 0 Å². The normalized spacial score (nSPS) is 12.6. The van der Waals surface area contributed by atoms with Crippen molar-refractivity contribution in [2.45, 2.75) is 78.8 Å². The largest absolute Gasteiger partial charge is 0.350 e. The molecule has 0 fully saturated rings. The molecule has 0 radical (unpaired) electrons. The van der Waals surface area contributed by atoms with Crippen LogP contribution in [0.25, 0.3) is 0 Å². The van der Waals surface area contributed by atoms with Gasteiger partial charge in [0.15, 0.2) is 0 Å². The molecule has 1 atom stereocenters. The Kier molecular flexibility index (Phi) is 10.7. The van der Waals surface area contributed by atoms with Crippen molar-refractivity contribution in [3.63, 3.8) is 0 Å². The molecule has 0 saturated carbocycles. The van der Waals surface area contributed by atoms with Gasteiger partial charge in [-0.05, 0) is 82.7 Å². The highest BCUT2D eigenvalue weighted by Crippen LogP contribution is 2.22. The van der Waals surface area contributed by atoms with Crippen molar-refractivity contribution < 1.29 is 18.0 Å². The van der Waals surface area contributed by atoms with Gasteiger partial charge >= 0.3 is 0 Å². The van der Waals surface area contributed by atoms with E-state index in [1.165, 1.54) is 10.6 Å². The summed E-state index contributed by atoms with van der Waals surface area (Å²) < 4.78 is 26.5. The summed E-state index contributed by atoms with van der Waals surface area (Å²) >= 11 is 0. The minimum Gasteiger partial charge on any atom is -0.350 e. The van der Waals surface area contributed by atoms with Crippen molar-refractivity contribution in [1.29, 1.82) is 0 Å². The highest BCUT2D eigenvalue weighted by molar-refractivity contribution is 7.92. The van der Waals surface area contributed by atoms with Crippen LogP contribution in [0.2, 0.25) is 0 Å². The molecule has 2 rings (SSSR count). The third-order valence-electron chi connectivity index (χ3n) is 6.01. The maximum absolute atomic E-state index is 13.5. The average molecular weight is 530 g/mol. The number of sulfonamides is 1. The van der Waals surface area contributed by atoms with Crippen molar-refractivity contribution >= 4 is 27.5 Å². The molecule has 204 valence electrons. The van der Waals surface area contributed by atoms with Gasteiger partial charge in [-0.3, -0.25) is 13.9 Å². The molecule has 0 unspecified atom stereocenters. The number of carbonyl (C=O) groups is 2. The number of hydrogen-bond donors (Lipinski definition) is 1. The fourth-order valence-corrected chi connectivity index (χ4v) is 5.40. The molecule has 0 aliphatic rings. The summed E-state index contributed by atoms with van der Waals surface area (Å²) in [7, 11) is -3.53. The van der Waals surface area contributed by atoms with Gasteiger partial charge in [0.05, 0.1) is 11.9 Å². The van der Waals surface area contributed by atoms with Crippen molar-refractivity contribution in [2.75, 3.05) is 23.7 Å². The molecular weight excluding hydrogens is 486 g/mol. The third-order valence-corrected chi connectivity index (χ3v) is 7.21. The zero-order valence-corrected chi connectivity index (χ0v) is 24.2. The Bertz CT molecular complexity index is 1140. The van der Waals surface area contributed by atoms with Crippen molar-refractivity contribution in [3.8, 4) is 0 Å². The van der Waals surface area contributed by atoms with Gasteiger partial charge in [-0.1, -0.05) is 43.3 Å². The standard InChI is InChI=1S/C29H43N3O4S/c1-8-26(28(34)30-29(4,5)6)31(18-16-24-13-10-9-11-14-24)27(33)15-12-17-32(37(7,35)36)25-20-22(2)19-23(3)21-25/h9-11,13-14,19-21,26H,8,12,15-18H2,1-7H3,(H,30,34)/t26-/m0/s1. The van der Waals surface area contributed by atoms with Gasteiger partial charge in [-0.2, -0.15) is 0 Å². The summed E-state index contributed by atoms with van der Waals surface area (Å²) in [5.74, 6) is -0.329. The number of amides is 2. The Morgan fingerprint density at radius 2 is 1.57 bits per heavy atom. The van der Waals surface area contributed by atoms with E-state index in [-0.39, 0.29) is 24.8 Å². The van der Waals surface area contributed by atoms with Gasteiger partial charge in [-0.25, -0.2) is 8.42 Å². The number of anilines is 1. The molecule has 0 saturated heterocycles. The molecule has 0 aliphatic heterocycles. The van der Waals surface area contributed by atoms with Gasteiger partial charge in [0.1, 0.15) is 6.04 Å². The van der Waals surface area contributed by atoms with Crippen LogP contribution in [0.15, 0.2) is 48.5 Å². The highest BCUT2D eigenvalue weighted by Gasteiger charge is 2.30. The minimum atomic E-state index is -3.53. The zero-order valence-electron chi connectivity index (χ0n) is 23.4. The zero-order chi connectivity index (χ0) is 27.8. The van der Waals surface area contributed by atoms with E-state index in [2.05, 4.69) is 5.32 Å². The highest BCUT2D eigenvalue weighted by atomic mass is 32.2. The summed E-state index contributed by atoms with van der Waals surface area (Å²) in [6, 6.07) is 14.9. The lowest BCUT2D eigenvalue weighted by molar-refractivity contribution is -0.141. The Morgan fingerprint density at radius 3 is 2.08 bits per heavy atom. The molecule has 37 heavy (non-hydrogen) atoms. The van der Waals surface area contributed by atoms with E-state index in [0.717, 1.165) is 16.7 Å². The van der Waals surface area contributed by atoms with E-state index in [1.54, 1.807) is 4.90 Å². The van der Waals surface area contributed by atoms with Gasteiger partial charge < -0.3 is 10.2 Å². The Labute approximate surface area is 223 Å². The second kappa shape index (κ2) is 13.1. The number of nitrogens with one attached hydrogen (secondary N) is 1. The molecule has 0 aliphatic carbocycles. The van der Waals surface area contributed by atoms with Crippen LogP contribution < -0.4 is 9.62 Å². The van der Waals surface area contributed by atoms with Crippen LogP contribution in [0.5, 0.6) is 0 Å². The van der Waals surface area contributed by atoms with Gasteiger partial charge in [0, 0.05) is 25.0 Å². The molecule has 0 aromatic heterocycles. The molecule has 1 N–H and O–H groups in total. The molecule has 0 spiro atoms. The van der Waals surface area contributed by atoms with Crippen molar-refractivity contribution in [1.82, 2.24) is 10.2 Å². The number of rotatable bonds is 12. The first kappa shape index (κ1) is 30.4. The average Bonchev–Trinajstić information content (AvgIpc) is 2.77. The van der Waals surface area contributed by atoms with Crippen molar-refractivity contribution in [2.24, 2.45) is 0 Å². The lowest BCUT2D eigenvalue weighted by atomic mass is 10.0. The summed E-state index contributed by atoms with van der Waals surface area (Å²) in [6.45, 7) is 12.1. The maximum atomic E-state index is 13.5. The first-order valence-electron chi connectivity index (χ1n) is 12.9. The summed E-state index contributed by atoms with van der Waals surface area (Å²) in [5.41, 5.74) is 3.22. The number of benzene rings is 2. The molecule has 2 aromatic rings. The van der Waals surface area contributed by atoms with Gasteiger partial charge in [0.2, 0.25) is 21.8 Å². The second-order valence-corrected chi connectivity index (χ2v) is 12.7. The number of nitrogens with zero attached hydrogens (tertiary/aromatic N) is 2. The maximum Gasteiger partial charge on any atom is 0.243 e. The Morgan fingerprint density at radius 1 is 0.973 bits per heavy atom. The molecule has 8 heteroatoms. The van der Waals surface area contributed by atoms with Crippen LogP contribution in [0.3, 0.4) is 0 Å². The fraction of sp³-hybridized carbons (Fsp3) is 0.517. The number of aryl methyl sites for hydroxylation is 2. The topological polar surface area (TPSA) is 86.8 Å². The van der Waals surface area contributed by atoms with E-state index in [9.17, 15) is 18.0 Å². The molecular formula is C29H43N3O4S. The first-order chi connectivity index (χ1) is 17.2. The van der Waals surface area contributed by atoms with E-state index < -0.39 is 21.6 Å². The molecule has 7 nitrogen and oxygen atoms in total. The molecule has 2 aromatic carbocycles. The minimum absolute atomic E-state index is 0.144. The molecule has 2 amide bonds. The lowest BCUT2D eigenvalue weighted by Crippen LogP contribution is -2.54. The summed E-state index contributed by atoms with van der Waals surface area (Å²) in [6.07, 6.45) is 2.79. The lowest BCUT2D eigenvalue weighted by Gasteiger charge is -2.33. The van der Waals surface area contributed by atoms with Crippen LogP contribution >= 0.6 is 0 Å². The first-order valence-corrected chi connectivity index (χ1v) is 14.8. The predicted molar refractivity (Wildman–Crippen MR) is 151 cm³/mol. The SMILES string of the molecule is CC[C@@H](C(=O)NC(C)(C)C)N(CCc1ccccc1)C(=O)CCCN(c1cc(C)cc(C)c1)S(C)(=O)=O. The molecule has 0 heterocycles. The van der Waals surface area contributed by atoms with Crippen LogP contribution in [-0.2, 0) is 26.0 Å². The fourth-order valence-electron chi connectivity index (χ4n) is 4.45. The second-order valence-electron chi connectivity index (χ2n) is 10.8. The summed E-state index contributed by atoms with van der Waals surface area (Å²) in [5, 5.41) is 3.01. The molecule has 0 bridgehead atoms. The van der Waals surface area contributed by atoms with E-state index >= 15 is 0 Å². The smallest absolute Gasteiger partial charge is 0.243 e. The van der Waals surface area contributed by atoms with Crippen LogP contribution in [0, 0.1) is 13.8 Å². The van der Waals surface area contributed by atoms with Crippen LogP contribution in [0.4, 0.5) is 5.69 Å². The summed E-state index contributed by atoms with van der Waals surface area (Å²) in [4.78, 5) is 28.3. The van der Waals surface area contributed by atoms with Crippen LogP contribution in [-0.4, -0.2) is 56.1 Å². The van der Waals surface area contributed by atoms with Crippen molar-refractivity contribution in [3.05, 3.63) is 65.2 Å². The predicted octanol–water partition coefficient (Wildman–Crippen LogP) is 4.61. The van der Waals surface area contributed by atoms with E-state index in [1.807, 2.05) is 90.1 Å². The van der Waals surface area contributed by atoms with E-state index in [0.29, 0.717) is 31.5 Å². The number of hydrogen-bond acceptors (Lipinski definition) is 4. The van der Waals surface area contributed by atoms with E-state index in [4.69, 9.17) is 0 Å². The van der Waals surface area contributed by atoms with Crippen LogP contribution in [0.1, 0.15) is 63.6 Å². The Balaban J connectivity index is 2.20. The Hall–Kier alpha value is -2.87. The third kappa shape index (κ3) is 9.84. The quantitative estimate of drug-likeness (QED) is 0.435. The monoisotopic (exact) mass is 529 g/mol.